The summed E-state index contributed by atoms with van der Waals surface area (Å²) in [7, 11) is 0. The fourth-order valence-electron chi connectivity index (χ4n) is 2.10. The Kier molecular flexibility index (Phi) is 6.51. The van der Waals surface area contributed by atoms with Gasteiger partial charge in [0.25, 0.3) is 0 Å². The third kappa shape index (κ3) is 4.53. The largest absolute Gasteiger partial charge is 0.493 e. The van der Waals surface area contributed by atoms with Gasteiger partial charge >= 0.3 is 0 Å². The molecule has 0 aliphatic rings. The minimum absolute atomic E-state index is 0.0868. The molecule has 0 radical (unpaired) electrons. The van der Waals surface area contributed by atoms with E-state index in [9.17, 15) is 0 Å². The quantitative estimate of drug-likeness (QED) is 0.558. The lowest BCUT2D eigenvalue weighted by Crippen LogP contribution is -2.01. The molecule has 0 aliphatic heterocycles. The van der Waals surface area contributed by atoms with E-state index in [-0.39, 0.29) is 6.61 Å². The Labute approximate surface area is 110 Å². The normalized spacial score (nSPS) is 10.4. The maximum absolute atomic E-state index is 9.13. The van der Waals surface area contributed by atoms with E-state index in [2.05, 4.69) is 6.58 Å². The summed E-state index contributed by atoms with van der Waals surface area (Å²) >= 11 is 0. The predicted octanol–water partition coefficient (Wildman–Crippen LogP) is 3.92. The minimum Gasteiger partial charge on any atom is -0.493 e. The molecule has 0 aromatic heterocycles. The third-order valence-electron chi connectivity index (χ3n) is 3.00. The number of aryl methyl sites for hydroxylation is 2. The molecule has 0 spiro atoms. The van der Waals surface area contributed by atoms with Crippen LogP contribution in [-0.4, -0.2) is 11.7 Å². The minimum atomic E-state index is 0.0868. The van der Waals surface area contributed by atoms with E-state index in [0.717, 1.165) is 41.9 Å². The van der Waals surface area contributed by atoms with Crippen LogP contribution in [0.25, 0.3) is 0 Å². The molecule has 1 N–H and O–H groups in total. The van der Waals surface area contributed by atoms with Gasteiger partial charge in [-0.15, -0.1) is 6.58 Å². The van der Waals surface area contributed by atoms with Gasteiger partial charge in [0.05, 0.1) is 13.2 Å². The number of aliphatic hydroxyl groups excluding tert-OH is 1. The van der Waals surface area contributed by atoms with E-state index < -0.39 is 0 Å². The van der Waals surface area contributed by atoms with Gasteiger partial charge in [0.2, 0.25) is 0 Å². The smallest absolute Gasteiger partial charge is 0.125 e. The number of hydrogen-bond acceptors (Lipinski definition) is 2. The zero-order chi connectivity index (χ0) is 13.4. The maximum Gasteiger partial charge on any atom is 0.125 e. The number of ether oxygens (including phenoxy) is 1. The summed E-state index contributed by atoms with van der Waals surface area (Å²) in [5, 5.41) is 9.13. The van der Waals surface area contributed by atoms with E-state index >= 15 is 0 Å². The Morgan fingerprint density at radius 2 is 1.83 bits per heavy atom. The highest BCUT2D eigenvalue weighted by atomic mass is 16.5. The molecule has 0 aliphatic carbocycles. The molecule has 0 atom stereocenters. The third-order valence-corrected chi connectivity index (χ3v) is 3.00. The SMILES string of the molecule is C=CCCCCCOc1c(C)cc(CO)cc1C. The Hall–Kier alpha value is -1.28. The number of aliphatic hydroxyl groups is 1. The summed E-state index contributed by atoms with van der Waals surface area (Å²) in [4.78, 5) is 0. The highest BCUT2D eigenvalue weighted by Gasteiger charge is 2.05. The average molecular weight is 248 g/mol. The van der Waals surface area contributed by atoms with Gasteiger partial charge in [-0.25, -0.2) is 0 Å². The van der Waals surface area contributed by atoms with Crippen molar-refractivity contribution in [1.82, 2.24) is 0 Å². The first-order chi connectivity index (χ1) is 8.69. The van der Waals surface area contributed by atoms with Gasteiger partial charge in [0.1, 0.15) is 5.75 Å². The van der Waals surface area contributed by atoms with Crippen LogP contribution in [0.1, 0.15) is 42.4 Å². The lowest BCUT2D eigenvalue weighted by molar-refractivity contribution is 0.280. The van der Waals surface area contributed by atoms with E-state index in [1.54, 1.807) is 0 Å². The van der Waals surface area contributed by atoms with Crippen LogP contribution in [0.3, 0.4) is 0 Å². The van der Waals surface area contributed by atoms with Crippen molar-refractivity contribution < 1.29 is 9.84 Å². The van der Waals surface area contributed by atoms with Gasteiger partial charge in [0.15, 0.2) is 0 Å². The van der Waals surface area contributed by atoms with Crippen molar-refractivity contribution in [3.05, 3.63) is 41.5 Å². The summed E-state index contributed by atoms with van der Waals surface area (Å²) in [5.41, 5.74) is 3.15. The summed E-state index contributed by atoms with van der Waals surface area (Å²) in [6.07, 6.45) is 6.49. The van der Waals surface area contributed by atoms with E-state index in [1.165, 1.54) is 12.8 Å². The summed E-state index contributed by atoms with van der Waals surface area (Å²) in [5.74, 6) is 0.968. The number of rotatable bonds is 8. The Balaban J connectivity index is 2.44. The molecule has 100 valence electrons. The van der Waals surface area contributed by atoms with Crippen LogP contribution in [0.5, 0.6) is 5.75 Å². The average Bonchev–Trinajstić information content (AvgIpc) is 2.35. The Bertz CT molecular complexity index is 360. The zero-order valence-electron chi connectivity index (χ0n) is 11.5. The maximum atomic E-state index is 9.13. The molecular weight excluding hydrogens is 224 g/mol. The van der Waals surface area contributed by atoms with Crippen molar-refractivity contribution in [3.8, 4) is 5.75 Å². The van der Waals surface area contributed by atoms with Gasteiger partial charge in [-0.1, -0.05) is 18.2 Å². The lowest BCUT2D eigenvalue weighted by Gasteiger charge is -2.13. The van der Waals surface area contributed by atoms with Crippen LogP contribution >= 0.6 is 0 Å². The molecule has 18 heavy (non-hydrogen) atoms. The molecule has 0 fully saturated rings. The highest BCUT2D eigenvalue weighted by Crippen LogP contribution is 2.25. The molecule has 0 heterocycles. The molecule has 0 unspecified atom stereocenters. The molecule has 0 saturated carbocycles. The van der Waals surface area contributed by atoms with Gasteiger partial charge in [-0.2, -0.15) is 0 Å². The molecule has 1 aromatic carbocycles. The van der Waals surface area contributed by atoms with Crippen molar-refractivity contribution in [1.29, 1.82) is 0 Å². The van der Waals surface area contributed by atoms with Crippen molar-refractivity contribution in [2.75, 3.05) is 6.61 Å². The predicted molar refractivity (Wildman–Crippen MR) is 76.0 cm³/mol. The zero-order valence-corrected chi connectivity index (χ0v) is 11.5. The van der Waals surface area contributed by atoms with Gasteiger partial charge in [-0.05, 0) is 56.2 Å². The van der Waals surface area contributed by atoms with Crippen LogP contribution in [0, 0.1) is 13.8 Å². The summed E-state index contributed by atoms with van der Waals surface area (Å²) in [6, 6.07) is 3.97. The highest BCUT2D eigenvalue weighted by molar-refractivity contribution is 5.43. The molecule has 1 aromatic rings. The second kappa shape index (κ2) is 7.93. The summed E-state index contributed by atoms with van der Waals surface area (Å²) in [6.45, 7) is 8.62. The fourth-order valence-corrected chi connectivity index (χ4v) is 2.10. The molecule has 2 nitrogen and oxygen atoms in total. The number of benzene rings is 1. The van der Waals surface area contributed by atoms with Crippen molar-refractivity contribution in [2.45, 2.75) is 46.1 Å². The Morgan fingerprint density at radius 3 is 2.39 bits per heavy atom. The first-order valence-corrected chi connectivity index (χ1v) is 6.63. The van der Waals surface area contributed by atoms with Gasteiger partial charge in [0, 0.05) is 0 Å². The fraction of sp³-hybridized carbons (Fsp3) is 0.500. The first-order valence-electron chi connectivity index (χ1n) is 6.63. The molecule has 0 amide bonds. The van der Waals surface area contributed by atoms with Crippen molar-refractivity contribution >= 4 is 0 Å². The van der Waals surface area contributed by atoms with Crippen LogP contribution in [0.15, 0.2) is 24.8 Å². The topological polar surface area (TPSA) is 29.5 Å². The lowest BCUT2D eigenvalue weighted by atomic mass is 10.1. The number of hydrogen-bond donors (Lipinski definition) is 1. The molecule has 0 bridgehead atoms. The van der Waals surface area contributed by atoms with E-state index in [0.29, 0.717) is 0 Å². The van der Waals surface area contributed by atoms with Gasteiger partial charge < -0.3 is 9.84 Å². The molecular formula is C16H24O2. The monoisotopic (exact) mass is 248 g/mol. The van der Waals surface area contributed by atoms with Crippen LogP contribution in [0.4, 0.5) is 0 Å². The second-order valence-corrected chi connectivity index (χ2v) is 4.70. The summed E-state index contributed by atoms with van der Waals surface area (Å²) < 4.78 is 5.84. The van der Waals surface area contributed by atoms with Crippen molar-refractivity contribution in [3.63, 3.8) is 0 Å². The van der Waals surface area contributed by atoms with Gasteiger partial charge in [-0.3, -0.25) is 0 Å². The van der Waals surface area contributed by atoms with E-state index in [4.69, 9.17) is 9.84 Å². The van der Waals surface area contributed by atoms with Crippen LogP contribution in [0.2, 0.25) is 0 Å². The second-order valence-electron chi connectivity index (χ2n) is 4.70. The van der Waals surface area contributed by atoms with Crippen LogP contribution in [-0.2, 0) is 6.61 Å². The molecule has 0 saturated heterocycles. The van der Waals surface area contributed by atoms with Crippen molar-refractivity contribution in [2.24, 2.45) is 0 Å². The Morgan fingerprint density at radius 1 is 1.17 bits per heavy atom. The number of unbranched alkanes of at least 4 members (excludes halogenated alkanes) is 3. The standard InChI is InChI=1S/C16H24O2/c1-4-5-6-7-8-9-18-16-13(2)10-15(12-17)11-14(16)3/h4,10-11,17H,1,5-9,12H2,2-3H3. The first kappa shape index (κ1) is 14.8. The van der Waals surface area contributed by atoms with Crippen LogP contribution < -0.4 is 4.74 Å². The number of allylic oxidation sites excluding steroid dienone is 1. The molecule has 2 heteroatoms. The van der Waals surface area contributed by atoms with E-state index in [1.807, 2.05) is 32.1 Å². The molecule has 1 rings (SSSR count).